The van der Waals surface area contributed by atoms with Gasteiger partial charge in [-0.2, -0.15) is 0 Å². The monoisotopic (exact) mass is 298 g/mol. The molecule has 1 heterocycles. The van der Waals surface area contributed by atoms with Crippen LogP contribution >= 0.6 is 0 Å². The Morgan fingerprint density at radius 2 is 2.19 bits per heavy atom. The number of carboxylic acid groups (broad SMARTS) is 1. The molecule has 122 valence electrons. The fraction of sp³-hybridized carbons (Fsp3) is 0.938. The van der Waals surface area contributed by atoms with E-state index >= 15 is 0 Å². The van der Waals surface area contributed by atoms with Gasteiger partial charge in [0.15, 0.2) is 0 Å². The van der Waals surface area contributed by atoms with Gasteiger partial charge >= 0.3 is 5.97 Å². The van der Waals surface area contributed by atoms with Crippen molar-refractivity contribution in [1.29, 1.82) is 0 Å². The van der Waals surface area contributed by atoms with Gasteiger partial charge in [-0.1, -0.05) is 6.92 Å². The number of hydrogen-bond donors (Lipinski definition) is 2. The van der Waals surface area contributed by atoms with Gasteiger partial charge in [-0.25, -0.2) is 0 Å². The fourth-order valence-corrected chi connectivity index (χ4v) is 3.17. The number of carboxylic acids is 1. The lowest BCUT2D eigenvalue weighted by Crippen LogP contribution is -2.55. The maximum atomic E-state index is 11.7. The molecule has 2 N–H and O–H groups in total. The van der Waals surface area contributed by atoms with E-state index in [4.69, 9.17) is 4.74 Å². The highest BCUT2D eigenvalue weighted by atomic mass is 16.5. The molecule has 1 unspecified atom stereocenters. The first-order valence-electron chi connectivity index (χ1n) is 8.23. The largest absolute Gasteiger partial charge is 0.480 e. The van der Waals surface area contributed by atoms with E-state index in [2.05, 4.69) is 24.1 Å². The van der Waals surface area contributed by atoms with Crippen LogP contribution in [0.5, 0.6) is 0 Å². The zero-order valence-electron chi connectivity index (χ0n) is 13.7. The summed E-state index contributed by atoms with van der Waals surface area (Å²) in [5.41, 5.74) is -0.683. The van der Waals surface area contributed by atoms with E-state index in [0.29, 0.717) is 18.9 Å². The van der Waals surface area contributed by atoms with Crippen LogP contribution in [0.15, 0.2) is 0 Å². The van der Waals surface area contributed by atoms with E-state index in [9.17, 15) is 9.90 Å². The molecule has 0 spiro atoms. The van der Waals surface area contributed by atoms with Crippen LogP contribution in [0.3, 0.4) is 0 Å². The Hall–Kier alpha value is -0.650. The van der Waals surface area contributed by atoms with Crippen molar-refractivity contribution in [2.24, 2.45) is 0 Å². The quantitative estimate of drug-likeness (QED) is 0.716. The van der Waals surface area contributed by atoms with Crippen LogP contribution < -0.4 is 5.32 Å². The predicted octanol–water partition coefficient (Wildman–Crippen LogP) is 1.86. The Labute approximate surface area is 128 Å². The second-order valence-electron chi connectivity index (χ2n) is 7.12. The second-order valence-corrected chi connectivity index (χ2v) is 7.12. The van der Waals surface area contributed by atoms with E-state index in [1.165, 1.54) is 0 Å². The van der Waals surface area contributed by atoms with Gasteiger partial charge in [-0.05, 0) is 52.5 Å². The molecular formula is C16H30N2O3. The molecule has 1 aliphatic carbocycles. The summed E-state index contributed by atoms with van der Waals surface area (Å²) in [6.07, 6.45) is 4.48. The van der Waals surface area contributed by atoms with Crippen LogP contribution in [0.25, 0.3) is 0 Å². The molecule has 1 atom stereocenters. The molecule has 1 aliphatic heterocycles. The highest BCUT2D eigenvalue weighted by molar-refractivity contribution is 5.78. The number of ether oxygens (including phenoxy) is 1. The van der Waals surface area contributed by atoms with Gasteiger partial charge in [0.1, 0.15) is 5.54 Å². The Balaban J connectivity index is 1.87. The first-order chi connectivity index (χ1) is 9.89. The van der Waals surface area contributed by atoms with Crippen molar-refractivity contribution < 1.29 is 14.6 Å². The van der Waals surface area contributed by atoms with Gasteiger partial charge in [-0.15, -0.1) is 0 Å². The summed E-state index contributed by atoms with van der Waals surface area (Å²) in [7, 11) is 0. The van der Waals surface area contributed by atoms with Gasteiger partial charge in [0.2, 0.25) is 0 Å². The number of rotatable bonds is 8. The highest BCUT2D eigenvalue weighted by Gasteiger charge is 2.41. The maximum Gasteiger partial charge on any atom is 0.323 e. The average Bonchev–Trinajstić information content (AvgIpc) is 3.22. The standard InChI is InChI=1S/C16H30N2O3/c1-4-16(14(19)20,17-13-6-7-13)8-5-9-18-10-11-21-12-15(18,2)3/h13,17H,4-12H2,1-3H3,(H,19,20). The molecule has 0 amide bonds. The van der Waals surface area contributed by atoms with Crippen molar-refractivity contribution in [2.45, 2.75) is 70.0 Å². The van der Waals surface area contributed by atoms with E-state index < -0.39 is 11.5 Å². The van der Waals surface area contributed by atoms with Gasteiger partial charge in [-0.3, -0.25) is 15.0 Å². The number of aliphatic carboxylic acids is 1. The molecule has 0 aromatic rings. The van der Waals surface area contributed by atoms with Crippen molar-refractivity contribution >= 4 is 5.97 Å². The summed E-state index contributed by atoms with van der Waals surface area (Å²) >= 11 is 0. The first-order valence-corrected chi connectivity index (χ1v) is 8.23. The molecule has 1 saturated carbocycles. The predicted molar refractivity (Wildman–Crippen MR) is 82.5 cm³/mol. The number of nitrogens with zero attached hydrogens (tertiary/aromatic N) is 1. The molecule has 5 heteroatoms. The topological polar surface area (TPSA) is 61.8 Å². The van der Waals surface area contributed by atoms with Crippen molar-refractivity contribution in [3.8, 4) is 0 Å². The Morgan fingerprint density at radius 3 is 2.71 bits per heavy atom. The van der Waals surface area contributed by atoms with E-state index in [1.54, 1.807) is 0 Å². The lowest BCUT2D eigenvalue weighted by atomic mass is 9.89. The maximum absolute atomic E-state index is 11.7. The molecule has 0 aromatic carbocycles. The van der Waals surface area contributed by atoms with Crippen LogP contribution in [0.1, 0.15) is 52.9 Å². The second kappa shape index (κ2) is 6.63. The molecule has 0 aromatic heterocycles. The third kappa shape index (κ3) is 4.18. The molecule has 1 saturated heterocycles. The summed E-state index contributed by atoms with van der Waals surface area (Å²) in [5.74, 6) is -0.696. The summed E-state index contributed by atoms with van der Waals surface area (Å²) < 4.78 is 5.53. The molecule has 0 bridgehead atoms. The minimum Gasteiger partial charge on any atom is -0.480 e. The summed E-state index contributed by atoms with van der Waals surface area (Å²) in [6.45, 7) is 9.78. The Morgan fingerprint density at radius 1 is 1.48 bits per heavy atom. The molecule has 2 rings (SSSR count). The van der Waals surface area contributed by atoms with Crippen LogP contribution in [0.2, 0.25) is 0 Å². The van der Waals surface area contributed by atoms with Gasteiger partial charge in [0, 0.05) is 18.1 Å². The van der Waals surface area contributed by atoms with E-state index in [1.807, 2.05) is 6.92 Å². The Kier molecular flexibility index (Phi) is 5.28. The van der Waals surface area contributed by atoms with Crippen LogP contribution in [-0.2, 0) is 9.53 Å². The van der Waals surface area contributed by atoms with Crippen molar-refractivity contribution in [3.63, 3.8) is 0 Å². The first kappa shape index (κ1) is 16.7. The number of carbonyl (C=O) groups is 1. The lowest BCUT2D eigenvalue weighted by Gasteiger charge is -2.42. The zero-order chi connectivity index (χ0) is 15.5. The Bertz CT molecular complexity index is 369. The third-order valence-electron chi connectivity index (χ3n) is 4.92. The molecule has 21 heavy (non-hydrogen) atoms. The lowest BCUT2D eigenvalue weighted by molar-refractivity contribution is -0.145. The van der Waals surface area contributed by atoms with E-state index in [0.717, 1.165) is 45.6 Å². The number of hydrogen-bond acceptors (Lipinski definition) is 4. The number of nitrogens with one attached hydrogen (secondary N) is 1. The summed E-state index contributed by atoms with van der Waals surface area (Å²) in [5, 5.41) is 13.0. The van der Waals surface area contributed by atoms with Crippen molar-refractivity contribution in [1.82, 2.24) is 10.2 Å². The molecule has 2 fully saturated rings. The van der Waals surface area contributed by atoms with Crippen molar-refractivity contribution in [3.05, 3.63) is 0 Å². The fourth-order valence-electron chi connectivity index (χ4n) is 3.17. The van der Waals surface area contributed by atoms with Crippen molar-refractivity contribution in [2.75, 3.05) is 26.3 Å². The minimum absolute atomic E-state index is 0.0558. The molecule has 0 radical (unpaired) electrons. The van der Waals surface area contributed by atoms with Crippen LogP contribution in [0.4, 0.5) is 0 Å². The van der Waals surface area contributed by atoms with Crippen LogP contribution in [-0.4, -0.2) is 59.4 Å². The van der Waals surface area contributed by atoms with E-state index in [-0.39, 0.29) is 5.54 Å². The minimum atomic E-state index is -0.738. The zero-order valence-corrected chi connectivity index (χ0v) is 13.7. The van der Waals surface area contributed by atoms with Gasteiger partial charge in [0.25, 0.3) is 0 Å². The van der Waals surface area contributed by atoms with Gasteiger partial charge < -0.3 is 9.84 Å². The normalized spacial score (nSPS) is 25.5. The smallest absolute Gasteiger partial charge is 0.323 e. The SMILES string of the molecule is CCC(CCCN1CCOCC1(C)C)(NC1CC1)C(=O)O. The highest BCUT2D eigenvalue weighted by Crippen LogP contribution is 2.28. The van der Waals surface area contributed by atoms with Crippen LogP contribution in [0, 0.1) is 0 Å². The number of morpholine rings is 1. The third-order valence-corrected chi connectivity index (χ3v) is 4.92. The average molecular weight is 298 g/mol. The van der Waals surface area contributed by atoms with Gasteiger partial charge in [0.05, 0.1) is 13.2 Å². The molecular weight excluding hydrogens is 268 g/mol. The summed E-state index contributed by atoms with van der Waals surface area (Å²) in [4.78, 5) is 14.2. The molecule has 5 nitrogen and oxygen atoms in total. The molecule has 2 aliphatic rings. The summed E-state index contributed by atoms with van der Waals surface area (Å²) in [6, 6.07) is 0.417.